The van der Waals surface area contributed by atoms with Gasteiger partial charge in [0, 0.05) is 16.1 Å². The van der Waals surface area contributed by atoms with Gasteiger partial charge in [0.15, 0.2) is 0 Å². The van der Waals surface area contributed by atoms with Gasteiger partial charge in [-0.2, -0.15) is 0 Å². The average Bonchev–Trinajstić information content (AvgIpc) is 2.32. The van der Waals surface area contributed by atoms with E-state index in [1.165, 1.54) is 32.1 Å². The number of phenols is 1. The quantitative estimate of drug-likeness (QED) is 0.869. The first-order valence-electron chi connectivity index (χ1n) is 5.92. The van der Waals surface area contributed by atoms with Gasteiger partial charge in [0.1, 0.15) is 5.75 Å². The van der Waals surface area contributed by atoms with E-state index in [-0.39, 0.29) is 6.04 Å². The number of aromatic hydroxyl groups is 1. The number of hydrogen-bond acceptors (Lipinski definition) is 2. The molecular weight excluding hydrogens is 266 g/mol. The zero-order valence-electron chi connectivity index (χ0n) is 9.32. The van der Waals surface area contributed by atoms with E-state index in [0.717, 1.165) is 10.0 Å². The van der Waals surface area contributed by atoms with Crippen LogP contribution in [0.15, 0.2) is 22.7 Å². The van der Waals surface area contributed by atoms with Crippen molar-refractivity contribution in [1.82, 2.24) is 0 Å². The molecule has 16 heavy (non-hydrogen) atoms. The second kappa shape index (κ2) is 5.19. The fourth-order valence-corrected chi connectivity index (χ4v) is 2.92. The number of rotatable bonds is 2. The lowest BCUT2D eigenvalue weighted by molar-refractivity contribution is 0.303. The molecule has 1 aromatic rings. The van der Waals surface area contributed by atoms with Crippen LogP contribution < -0.4 is 5.73 Å². The van der Waals surface area contributed by atoms with E-state index >= 15 is 0 Å². The van der Waals surface area contributed by atoms with Crippen molar-refractivity contribution < 1.29 is 5.11 Å². The largest absolute Gasteiger partial charge is 0.508 e. The number of hydrogen-bond donors (Lipinski definition) is 2. The van der Waals surface area contributed by atoms with E-state index < -0.39 is 0 Å². The van der Waals surface area contributed by atoms with Gasteiger partial charge in [-0.15, -0.1) is 0 Å². The first-order valence-corrected chi connectivity index (χ1v) is 6.72. The molecule has 1 aromatic carbocycles. The van der Waals surface area contributed by atoms with Crippen molar-refractivity contribution in [1.29, 1.82) is 0 Å². The van der Waals surface area contributed by atoms with Crippen molar-refractivity contribution in [3.05, 3.63) is 28.2 Å². The second-order valence-corrected chi connectivity index (χ2v) is 5.54. The van der Waals surface area contributed by atoms with Crippen LogP contribution in [-0.2, 0) is 0 Å². The Balaban J connectivity index is 2.18. The van der Waals surface area contributed by atoms with Crippen LogP contribution in [0.4, 0.5) is 0 Å². The number of phenolic OH excluding ortho intramolecular Hbond substituents is 1. The van der Waals surface area contributed by atoms with E-state index in [1.807, 2.05) is 12.1 Å². The molecule has 3 N–H and O–H groups in total. The summed E-state index contributed by atoms with van der Waals surface area (Å²) in [4.78, 5) is 0. The van der Waals surface area contributed by atoms with Crippen molar-refractivity contribution in [2.45, 2.75) is 38.1 Å². The van der Waals surface area contributed by atoms with Crippen molar-refractivity contribution in [3.8, 4) is 5.75 Å². The van der Waals surface area contributed by atoms with Gasteiger partial charge in [-0.1, -0.05) is 35.2 Å². The lowest BCUT2D eigenvalue weighted by Gasteiger charge is -2.28. The normalized spacial score (nSPS) is 19.6. The van der Waals surface area contributed by atoms with Crippen LogP contribution in [0.3, 0.4) is 0 Å². The molecule has 0 aromatic heterocycles. The maximum absolute atomic E-state index is 9.84. The molecule has 0 spiro atoms. The first-order chi connectivity index (χ1) is 7.68. The molecule has 1 aliphatic carbocycles. The minimum Gasteiger partial charge on any atom is -0.508 e. The molecule has 88 valence electrons. The minimum atomic E-state index is -0.0298. The predicted octanol–water partition coefficient (Wildman–Crippen LogP) is 3.73. The molecule has 0 unspecified atom stereocenters. The van der Waals surface area contributed by atoms with Gasteiger partial charge >= 0.3 is 0 Å². The maximum Gasteiger partial charge on any atom is 0.120 e. The second-order valence-electron chi connectivity index (χ2n) is 4.63. The summed E-state index contributed by atoms with van der Waals surface area (Å²) >= 11 is 3.42. The molecule has 1 fully saturated rings. The molecule has 1 aliphatic rings. The van der Waals surface area contributed by atoms with Crippen molar-refractivity contribution in [3.63, 3.8) is 0 Å². The summed E-state index contributed by atoms with van der Waals surface area (Å²) in [6.45, 7) is 0. The monoisotopic (exact) mass is 283 g/mol. The Kier molecular flexibility index (Phi) is 3.87. The van der Waals surface area contributed by atoms with Crippen LogP contribution in [0.5, 0.6) is 5.75 Å². The minimum absolute atomic E-state index is 0.0298. The molecule has 0 radical (unpaired) electrons. The zero-order chi connectivity index (χ0) is 11.5. The standard InChI is InChI=1S/C13H18BrNO/c14-10-6-7-12(16)11(8-10)13(15)9-4-2-1-3-5-9/h6-9,13,16H,1-5,15H2/t13-/m0/s1. The highest BCUT2D eigenvalue weighted by Crippen LogP contribution is 2.36. The smallest absolute Gasteiger partial charge is 0.120 e. The molecule has 0 amide bonds. The Morgan fingerprint density at radius 3 is 2.62 bits per heavy atom. The number of nitrogens with two attached hydrogens (primary N) is 1. The molecule has 1 saturated carbocycles. The van der Waals surface area contributed by atoms with Crippen LogP contribution in [0.2, 0.25) is 0 Å². The van der Waals surface area contributed by atoms with E-state index in [1.54, 1.807) is 6.07 Å². The van der Waals surface area contributed by atoms with Crippen LogP contribution in [0, 0.1) is 5.92 Å². The third-order valence-corrected chi connectivity index (χ3v) is 4.00. The van der Waals surface area contributed by atoms with Gasteiger partial charge in [-0.3, -0.25) is 0 Å². The van der Waals surface area contributed by atoms with Gasteiger partial charge in [-0.05, 0) is 37.0 Å². The summed E-state index contributed by atoms with van der Waals surface area (Å²) in [5, 5.41) is 9.84. The Bertz CT molecular complexity index is 361. The van der Waals surface area contributed by atoms with Crippen molar-refractivity contribution in [2.75, 3.05) is 0 Å². The zero-order valence-corrected chi connectivity index (χ0v) is 10.9. The molecule has 2 rings (SSSR count). The summed E-state index contributed by atoms with van der Waals surface area (Å²) in [5.74, 6) is 0.843. The van der Waals surface area contributed by atoms with E-state index in [9.17, 15) is 5.11 Å². The highest BCUT2D eigenvalue weighted by atomic mass is 79.9. The van der Waals surface area contributed by atoms with E-state index in [0.29, 0.717) is 11.7 Å². The molecule has 2 nitrogen and oxygen atoms in total. The Morgan fingerprint density at radius 2 is 1.94 bits per heavy atom. The third-order valence-electron chi connectivity index (χ3n) is 3.51. The topological polar surface area (TPSA) is 46.2 Å². The summed E-state index contributed by atoms with van der Waals surface area (Å²) in [5.41, 5.74) is 7.13. The summed E-state index contributed by atoms with van der Waals surface area (Å²) in [6, 6.07) is 5.46. The van der Waals surface area contributed by atoms with E-state index in [2.05, 4.69) is 15.9 Å². The van der Waals surface area contributed by atoms with Gasteiger partial charge in [0.25, 0.3) is 0 Å². The number of halogens is 1. The fourth-order valence-electron chi connectivity index (χ4n) is 2.54. The molecule has 1 atom stereocenters. The Hall–Kier alpha value is -0.540. The molecule has 3 heteroatoms. The summed E-state index contributed by atoms with van der Waals surface area (Å²) in [7, 11) is 0. The van der Waals surface area contributed by atoms with E-state index in [4.69, 9.17) is 5.73 Å². The van der Waals surface area contributed by atoms with Gasteiger partial charge in [0.2, 0.25) is 0 Å². The summed E-state index contributed by atoms with van der Waals surface area (Å²) in [6.07, 6.45) is 6.24. The van der Waals surface area contributed by atoms with Gasteiger partial charge in [0.05, 0.1) is 0 Å². The van der Waals surface area contributed by atoms with Crippen LogP contribution >= 0.6 is 15.9 Å². The van der Waals surface area contributed by atoms with Gasteiger partial charge < -0.3 is 10.8 Å². The Morgan fingerprint density at radius 1 is 1.25 bits per heavy atom. The SMILES string of the molecule is N[C@H](c1cc(Br)ccc1O)C1CCCCC1. The van der Waals surface area contributed by atoms with Crippen LogP contribution in [-0.4, -0.2) is 5.11 Å². The lowest BCUT2D eigenvalue weighted by Crippen LogP contribution is -2.23. The highest BCUT2D eigenvalue weighted by Gasteiger charge is 2.23. The molecule has 0 bridgehead atoms. The third kappa shape index (κ3) is 2.58. The molecule has 0 aliphatic heterocycles. The maximum atomic E-state index is 9.84. The Labute approximate surface area is 105 Å². The molecule has 0 saturated heterocycles. The fraction of sp³-hybridized carbons (Fsp3) is 0.538. The lowest BCUT2D eigenvalue weighted by atomic mass is 9.81. The highest BCUT2D eigenvalue weighted by molar-refractivity contribution is 9.10. The van der Waals surface area contributed by atoms with Crippen molar-refractivity contribution >= 4 is 15.9 Å². The van der Waals surface area contributed by atoms with Crippen molar-refractivity contribution in [2.24, 2.45) is 11.7 Å². The molecule has 0 heterocycles. The average molecular weight is 284 g/mol. The summed E-state index contributed by atoms with van der Waals surface area (Å²) < 4.78 is 0.978. The molecular formula is C13H18BrNO. The van der Waals surface area contributed by atoms with Crippen LogP contribution in [0.25, 0.3) is 0 Å². The number of benzene rings is 1. The first kappa shape index (κ1) is 11.9. The van der Waals surface area contributed by atoms with Gasteiger partial charge in [-0.25, -0.2) is 0 Å². The van der Waals surface area contributed by atoms with Crippen LogP contribution in [0.1, 0.15) is 43.7 Å². The predicted molar refractivity (Wildman–Crippen MR) is 69.3 cm³/mol.